The minimum absolute atomic E-state index is 0. The molecule has 1 aliphatic heterocycles. The van der Waals surface area contributed by atoms with Gasteiger partial charge in [-0.25, -0.2) is 4.39 Å². The first kappa shape index (κ1) is 14.6. The van der Waals surface area contributed by atoms with E-state index in [0.29, 0.717) is 18.1 Å². The van der Waals surface area contributed by atoms with Crippen LogP contribution in [0.1, 0.15) is 23.2 Å². The van der Waals surface area contributed by atoms with Gasteiger partial charge in [0, 0.05) is 25.2 Å². The lowest BCUT2D eigenvalue weighted by molar-refractivity contribution is 0.0691. The van der Waals surface area contributed by atoms with Crippen LogP contribution in [0.2, 0.25) is 5.02 Å². The van der Waals surface area contributed by atoms with Crippen LogP contribution in [0.15, 0.2) is 18.2 Å². The molecule has 19 heavy (non-hydrogen) atoms. The zero-order valence-electron chi connectivity index (χ0n) is 10.3. The molecule has 0 aromatic heterocycles. The van der Waals surface area contributed by atoms with Gasteiger partial charge in [0.15, 0.2) is 0 Å². The van der Waals surface area contributed by atoms with E-state index >= 15 is 0 Å². The number of hydrogen-bond donors (Lipinski definition) is 1. The highest BCUT2D eigenvalue weighted by molar-refractivity contribution is 6.33. The van der Waals surface area contributed by atoms with Crippen LogP contribution in [0.25, 0.3) is 0 Å². The Morgan fingerprint density at radius 3 is 2.84 bits per heavy atom. The molecule has 1 aromatic carbocycles. The normalized spacial score (nSPS) is 20.0. The number of nitrogens with zero attached hydrogens (tertiary/aromatic N) is 1. The fourth-order valence-electron chi connectivity index (χ4n) is 2.45. The highest BCUT2D eigenvalue weighted by Gasteiger charge is 2.46. The highest BCUT2D eigenvalue weighted by atomic mass is 35.5. The average Bonchev–Trinajstić information content (AvgIpc) is 3.10. The summed E-state index contributed by atoms with van der Waals surface area (Å²) in [6.45, 7) is 2.13. The molecule has 104 valence electrons. The summed E-state index contributed by atoms with van der Waals surface area (Å²) in [4.78, 5) is 14.1. The van der Waals surface area contributed by atoms with Crippen molar-refractivity contribution < 1.29 is 9.18 Å². The third-order valence-corrected chi connectivity index (χ3v) is 4.00. The van der Waals surface area contributed by atoms with Gasteiger partial charge in [0.25, 0.3) is 5.91 Å². The summed E-state index contributed by atoms with van der Waals surface area (Å²) >= 11 is 5.97. The van der Waals surface area contributed by atoms with E-state index in [1.54, 1.807) is 4.90 Å². The molecule has 1 aromatic rings. The predicted molar refractivity (Wildman–Crippen MR) is 74.5 cm³/mol. The minimum Gasteiger partial charge on any atom is -0.335 e. The van der Waals surface area contributed by atoms with Gasteiger partial charge in [0.1, 0.15) is 5.82 Å². The second kappa shape index (κ2) is 5.27. The molecule has 1 amide bonds. The first-order chi connectivity index (χ1) is 8.60. The largest absolute Gasteiger partial charge is 0.335 e. The molecule has 0 unspecified atom stereocenters. The van der Waals surface area contributed by atoms with E-state index in [2.05, 4.69) is 5.32 Å². The van der Waals surface area contributed by atoms with Crippen molar-refractivity contribution in [2.24, 2.45) is 0 Å². The van der Waals surface area contributed by atoms with Gasteiger partial charge < -0.3 is 10.2 Å². The summed E-state index contributed by atoms with van der Waals surface area (Å²) in [6, 6.07) is 3.91. The molecule has 0 atom stereocenters. The molecule has 0 radical (unpaired) electrons. The maximum atomic E-state index is 13.2. The number of carbonyl (C=O) groups is 1. The lowest BCUT2D eigenvalue weighted by atomic mass is 10.1. The van der Waals surface area contributed by atoms with Crippen LogP contribution in [0.5, 0.6) is 0 Å². The molecule has 2 aliphatic rings. The van der Waals surface area contributed by atoms with Gasteiger partial charge in [-0.3, -0.25) is 4.79 Å². The summed E-state index contributed by atoms with van der Waals surface area (Å²) in [5.74, 6) is -0.605. The first-order valence-electron chi connectivity index (χ1n) is 6.09. The zero-order chi connectivity index (χ0) is 12.8. The lowest BCUT2D eigenvalue weighted by Crippen LogP contribution is -2.54. The second-order valence-corrected chi connectivity index (χ2v) is 5.47. The predicted octanol–water partition coefficient (Wildman–Crippen LogP) is 2.48. The molecule has 0 bridgehead atoms. The lowest BCUT2D eigenvalue weighted by Gasteiger charge is -2.34. The van der Waals surface area contributed by atoms with Crippen LogP contribution >= 0.6 is 24.0 Å². The van der Waals surface area contributed by atoms with Gasteiger partial charge in [0.2, 0.25) is 0 Å². The zero-order valence-corrected chi connectivity index (χ0v) is 11.9. The molecule has 1 N–H and O–H groups in total. The van der Waals surface area contributed by atoms with Crippen LogP contribution < -0.4 is 5.32 Å². The monoisotopic (exact) mass is 304 g/mol. The van der Waals surface area contributed by atoms with E-state index in [1.807, 2.05) is 0 Å². The van der Waals surface area contributed by atoms with Crippen molar-refractivity contribution in [3.05, 3.63) is 34.6 Å². The van der Waals surface area contributed by atoms with Gasteiger partial charge in [0.05, 0.1) is 10.6 Å². The van der Waals surface area contributed by atoms with E-state index in [0.717, 1.165) is 19.4 Å². The molecule has 3 rings (SSSR count). The number of benzene rings is 1. The Morgan fingerprint density at radius 1 is 1.42 bits per heavy atom. The van der Waals surface area contributed by atoms with E-state index in [4.69, 9.17) is 11.6 Å². The van der Waals surface area contributed by atoms with Crippen LogP contribution in [-0.2, 0) is 0 Å². The number of hydrogen-bond acceptors (Lipinski definition) is 2. The van der Waals surface area contributed by atoms with Gasteiger partial charge in [-0.05, 0) is 31.0 Å². The van der Waals surface area contributed by atoms with Gasteiger partial charge >= 0.3 is 0 Å². The van der Waals surface area contributed by atoms with Gasteiger partial charge in [-0.1, -0.05) is 11.6 Å². The summed E-state index contributed by atoms with van der Waals surface area (Å²) < 4.78 is 13.2. The van der Waals surface area contributed by atoms with E-state index < -0.39 is 5.82 Å². The molecular formula is C13H15Cl2FN2O. The summed E-state index contributed by atoms with van der Waals surface area (Å²) in [7, 11) is 0. The van der Waals surface area contributed by atoms with Crippen LogP contribution in [0.4, 0.5) is 4.39 Å². The number of nitrogens with one attached hydrogen (secondary N) is 1. The Hall–Kier alpha value is -0.840. The average molecular weight is 305 g/mol. The van der Waals surface area contributed by atoms with Gasteiger partial charge in [-0.2, -0.15) is 0 Å². The van der Waals surface area contributed by atoms with Gasteiger partial charge in [-0.15, -0.1) is 12.4 Å². The molecule has 2 fully saturated rings. The van der Waals surface area contributed by atoms with E-state index in [9.17, 15) is 9.18 Å². The second-order valence-electron chi connectivity index (χ2n) is 5.06. The molecule has 1 saturated heterocycles. The minimum atomic E-state index is -0.431. The number of amides is 1. The number of carbonyl (C=O) groups excluding carboxylic acids is 1. The van der Waals surface area contributed by atoms with E-state index in [1.165, 1.54) is 18.2 Å². The van der Waals surface area contributed by atoms with Crippen molar-refractivity contribution in [2.45, 2.75) is 18.4 Å². The molecule has 1 spiro atoms. The Labute approximate surface area is 122 Å². The number of rotatable bonds is 1. The van der Waals surface area contributed by atoms with Crippen molar-refractivity contribution >= 4 is 29.9 Å². The molecule has 3 nitrogen and oxygen atoms in total. The SMILES string of the molecule is Cl.O=C(c1cc(F)ccc1Cl)N1CCNC2(CC2)C1. The Kier molecular flexibility index (Phi) is 4.04. The van der Waals surface area contributed by atoms with Crippen LogP contribution in [0.3, 0.4) is 0 Å². The third-order valence-electron chi connectivity index (χ3n) is 3.67. The Balaban J connectivity index is 0.00000133. The maximum Gasteiger partial charge on any atom is 0.255 e. The van der Waals surface area contributed by atoms with Crippen molar-refractivity contribution in [1.82, 2.24) is 10.2 Å². The van der Waals surface area contributed by atoms with Crippen LogP contribution in [0, 0.1) is 5.82 Å². The highest BCUT2D eigenvalue weighted by Crippen LogP contribution is 2.38. The molecule has 6 heteroatoms. The van der Waals surface area contributed by atoms with E-state index in [-0.39, 0.29) is 29.4 Å². The standard InChI is InChI=1S/C13H14ClFN2O.ClH/c14-11-2-1-9(15)7-10(11)12(18)17-6-5-16-13(8-17)3-4-13;/h1-2,7,16H,3-6,8H2;1H. The quantitative estimate of drug-likeness (QED) is 0.864. The number of piperazine rings is 1. The topological polar surface area (TPSA) is 32.3 Å². The number of halogens is 3. The summed E-state index contributed by atoms with van der Waals surface area (Å²) in [5.41, 5.74) is 0.377. The third kappa shape index (κ3) is 2.86. The molecular weight excluding hydrogens is 290 g/mol. The maximum absolute atomic E-state index is 13.2. The molecule has 1 aliphatic carbocycles. The molecule has 1 saturated carbocycles. The Bertz CT molecular complexity index is 505. The fraction of sp³-hybridized carbons (Fsp3) is 0.462. The van der Waals surface area contributed by atoms with Crippen molar-refractivity contribution in [3.8, 4) is 0 Å². The summed E-state index contributed by atoms with van der Waals surface area (Å²) in [5, 5.41) is 3.74. The first-order valence-corrected chi connectivity index (χ1v) is 6.47. The van der Waals surface area contributed by atoms with Crippen molar-refractivity contribution in [1.29, 1.82) is 0 Å². The van der Waals surface area contributed by atoms with Crippen molar-refractivity contribution in [2.75, 3.05) is 19.6 Å². The smallest absolute Gasteiger partial charge is 0.255 e. The molecule has 1 heterocycles. The fourth-order valence-corrected chi connectivity index (χ4v) is 2.65. The van der Waals surface area contributed by atoms with Crippen molar-refractivity contribution in [3.63, 3.8) is 0 Å². The summed E-state index contributed by atoms with van der Waals surface area (Å²) in [6.07, 6.45) is 2.21. The Morgan fingerprint density at radius 2 is 2.16 bits per heavy atom. The van der Waals surface area contributed by atoms with Crippen LogP contribution in [-0.4, -0.2) is 36.0 Å².